The molecule has 18 heavy (non-hydrogen) atoms. The minimum absolute atomic E-state index is 0.0327. The van der Waals surface area contributed by atoms with E-state index < -0.39 is 0 Å². The number of nitrogens with zero attached hydrogens (tertiary/aromatic N) is 1. The number of benzene rings is 1. The zero-order valence-corrected chi connectivity index (χ0v) is 11.8. The molecule has 0 aromatic heterocycles. The van der Waals surface area contributed by atoms with Crippen LogP contribution in [0, 0.1) is 0 Å². The molecule has 0 aliphatic carbocycles. The van der Waals surface area contributed by atoms with Crippen molar-refractivity contribution in [1.29, 1.82) is 0 Å². The Bertz CT molecular complexity index is 479. The van der Waals surface area contributed by atoms with Crippen LogP contribution in [0.15, 0.2) is 12.1 Å². The summed E-state index contributed by atoms with van der Waals surface area (Å²) in [6.07, 6.45) is 0.785. The van der Waals surface area contributed by atoms with E-state index in [1.807, 2.05) is 25.1 Å². The van der Waals surface area contributed by atoms with Gasteiger partial charge in [0.25, 0.3) is 5.91 Å². The number of amides is 1. The number of carbonyl (C=O) groups excluding carboxylic acids is 1. The molecule has 0 spiro atoms. The van der Waals surface area contributed by atoms with E-state index in [0.29, 0.717) is 15.6 Å². The average molecular weight is 288 g/mol. The first-order chi connectivity index (χ1) is 8.56. The molecular weight excluding hydrogens is 273 g/mol. The zero-order chi connectivity index (χ0) is 13.3. The van der Waals surface area contributed by atoms with Crippen molar-refractivity contribution in [2.75, 3.05) is 25.5 Å². The molecule has 1 aliphatic heterocycles. The first kappa shape index (κ1) is 13.5. The standard InChI is InChI=1S/C12H15Cl2N3O/c1-15-6-5-9-16-12(18)10-8(17(9)2)4-3-7(13)11(10)14/h3-4,9,15H,5-6H2,1-2H3,(H,16,18)/t9-/m1/s1. The molecule has 0 radical (unpaired) electrons. The smallest absolute Gasteiger partial charge is 0.256 e. The van der Waals surface area contributed by atoms with E-state index in [-0.39, 0.29) is 12.1 Å². The van der Waals surface area contributed by atoms with Crippen LogP contribution in [0.5, 0.6) is 0 Å². The lowest BCUT2D eigenvalue weighted by molar-refractivity contribution is 0.0926. The second-order valence-corrected chi connectivity index (χ2v) is 5.03. The van der Waals surface area contributed by atoms with Crippen molar-refractivity contribution < 1.29 is 4.79 Å². The van der Waals surface area contributed by atoms with Gasteiger partial charge in [-0.2, -0.15) is 0 Å². The predicted molar refractivity (Wildman–Crippen MR) is 74.7 cm³/mol. The first-order valence-electron chi connectivity index (χ1n) is 5.72. The van der Waals surface area contributed by atoms with Crippen molar-refractivity contribution in [3.05, 3.63) is 27.7 Å². The first-order valence-corrected chi connectivity index (χ1v) is 6.48. The normalized spacial score (nSPS) is 18.6. The zero-order valence-electron chi connectivity index (χ0n) is 10.3. The van der Waals surface area contributed by atoms with Crippen molar-refractivity contribution >= 4 is 34.8 Å². The summed E-state index contributed by atoms with van der Waals surface area (Å²) in [5, 5.41) is 6.71. The molecule has 0 bridgehead atoms. The third-order valence-electron chi connectivity index (χ3n) is 3.11. The van der Waals surface area contributed by atoms with E-state index in [4.69, 9.17) is 23.2 Å². The van der Waals surface area contributed by atoms with E-state index in [1.54, 1.807) is 6.07 Å². The minimum Gasteiger partial charge on any atom is -0.354 e. The Balaban J connectivity index is 2.37. The highest BCUT2D eigenvalue weighted by Gasteiger charge is 2.30. The van der Waals surface area contributed by atoms with Crippen LogP contribution in [0.25, 0.3) is 0 Å². The number of anilines is 1. The molecule has 4 nitrogen and oxygen atoms in total. The van der Waals surface area contributed by atoms with Gasteiger partial charge < -0.3 is 15.5 Å². The Morgan fingerprint density at radius 1 is 1.44 bits per heavy atom. The third-order valence-corrected chi connectivity index (χ3v) is 3.92. The lowest BCUT2D eigenvalue weighted by Gasteiger charge is -2.36. The van der Waals surface area contributed by atoms with Crippen molar-refractivity contribution in [3.8, 4) is 0 Å². The Hall–Kier alpha value is -0.970. The van der Waals surface area contributed by atoms with Crippen molar-refractivity contribution in [2.45, 2.75) is 12.6 Å². The van der Waals surface area contributed by atoms with Gasteiger partial charge in [0.15, 0.2) is 0 Å². The van der Waals surface area contributed by atoms with Gasteiger partial charge in [-0.3, -0.25) is 4.79 Å². The highest BCUT2D eigenvalue weighted by atomic mass is 35.5. The highest BCUT2D eigenvalue weighted by molar-refractivity contribution is 6.44. The maximum atomic E-state index is 12.1. The number of carbonyl (C=O) groups is 1. The summed E-state index contributed by atoms with van der Waals surface area (Å²) >= 11 is 12.0. The fourth-order valence-electron chi connectivity index (χ4n) is 2.09. The van der Waals surface area contributed by atoms with Crippen LogP contribution in [-0.4, -0.2) is 32.7 Å². The molecule has 1 aromatic rings. The van der Waals surface area contributed by atoms with Gasteiger partial charge in [0.2, 0.25) is 0 Å². The molecule has 0 saturated heterocycles. The third kappa shape index (κ3) is 2.28. The van der Waals surface area contributed by atoms with E-state index >= 15 is 0 Å². The molecule has 1 atom stereocenters. The second kappa shape index (κ2) is 5.34. The van der Waals surface area contributed by atoms with Gasteiger partial charge in [-0.05, 0) is 32.1 Å². The molecule has 2 N–H and O–H groups in total. The Labute approximate surface area is 116 Å². The van der Waals surface area contributed by atoms with Gasteiger partial charge in [-0.15, -0.1) is 0 Å². The SMILES string of the molecule is CNCC[C@@H]1NC(=O)c2c(ccc(Cl)c2Cl)N1C. The molecule has 0 saturated carbocycles. The summed E-state index contributed by atoms with van der Waals surface area (Å²) in [4.78, 5) is 14.1. The van der Waals surface area contributed by atoms with Crippen LogP contribution in [0.1, 0.15) is 16.8 Å². The molecule has 1 aromatic carbocycles. The van der Waals surface area contributed by atoms with Gasteiger partial charge in [-0.1, -0.05) is 23.2 Å². The fraction of sp³-hybridized carbons (Fsp3) is 0.417. The molecule has 6 heteroatoms. The van der Waals surface area contributed by atoms with E-state index in [9.17, 15) is 4.79 Å². The van der Waals surface area contributed by atoms with Gasteiger partial charge >= 0.3 is 0 Å². The Morgan fingerprint density at radius 2 is 2.17 bits per heavy atom. The van der Waals surface area contributed by atoms with Gasteiger partial charge in [0.1, 0.15) is 6.17 Å². The van der Waals surface area contributed by atoms with Crippen LogP contribution in [0.4, 0.5) is 5.69 Å². The molecule has 1 heterocycles. The van der Waals surface area contributed by atoms with Crippen LogP contribution < -0.4 is 15.5 Å². The molecule has 2 rings (SSSR count). The van der Waals surface area contributed by atoms with Crippen molar-refractivity contribution in [3.63, 3.8) is 0 Å². The molecule has 1 amide bonds. The monoisotopic (exact) mass is 287 g/mol. The molecule has 0 fully saturated rings. The summed E-state index contributed by atoms with van der Waals surface area (Å²) in [6.45, 7) is 0.825. The summed E-state index contributed by atoms with van der Waals surface area (Å²) in [5.74, 6) is -0.170. The van der Waals surface area contributed by atoms with Crippen molar-refractivity contribution in [1.82, 2.24) is 10.6 Å². The highest BCUT2D eigenvalue weighted by Crippen LogP contribution is 2.35. The second-order valence-electron chi connectivity index (χ2n) is 4.25. The number of halogens is 2. The summed E-state index contributed by atoms with van der Waals surface area (Å²) < 4.78 is 0. The fourth-order valence-corrected chi connectivity index (χ4v) is 2.49. The molecule has 0 unspecified atom stereocenters. The predicted octanol–water partition coefficient (Wildman–Crippen LogP) is 2.11. The van der Waals surface area contributed by atoms with Gasteiger partial charge in [-0.25, -0.2) is 0 Å². The number of rotatable bonds is 3. The maximum Gasteiger partial charge on any atom is 0.256 e. The van der Waals surface area contributed by atoms with Crippen LogP contribution in [0.3, 0.4) is 0 Å². The Kier molecular flexibility index (Phi) is 4.00. The van der Waals surface area contributed by atoms with Crippen LogP contribution in [-0.2, 0) is 0 Å². The topological polar surface area (TPSA) is 44.4 Å². The Morgan fingerprint density at radius 3 is 2.83 bits per heavy atom. The number of hydrogen-bond acceptors (Lipinski definition) is 3. The number of hydrogen-bond donors (Lipinski definition) is 2. The van der Waals surface area contributed by atoms with Crippen molar-refractivity contribution in [2.24, 2.45) is 0 Å². The lowest BCUT2D eigenvalue weighted by Crippen LogP contribution is -2.52. The molecule has 98 valence electrons. The molecule has 1 aliphatic rings. The molecular formula is C12H15Cl2N3O. The van der Waals surface area contributed by atoms with Crippen LogP contribution >= 0.6 is 23.2 Å². The average Bonchev–Trinajstić information content (AvgIpc) is 2.35. The van der Waals surface area contributed by atoms with Gasteiger partial charge in [0.05, 0.1) is 21.3 Å². The minimum atomic E-state index is -0.170. The lowest BCUT2D eigenvalue weighted by atomic mass is 10.1. The van der Waals surface area contributed by atoms with Crippen LogP contribution in [0.2, 0.25) is 10.0 Å². The maximum absolute atomic E-state index is 12.1. The number of fused-ring (bicyclic) bond motifs is 1. The number of nitrogens with one attached hydrogen (secondary N) is 2. The van der Waals surface area contributed by atoms with Gasteiger partial charge in [0, 0.05) is 7.05 Å². The largest absolute Gasteiger partial charge is 0.354 e. The summed E-state index contributed by atoms with van der Waals surface area (Å²) in [5.41, 5.74) is 1.27. The summed E-state index contributed by atoms with van der Waals surface area (Å²) in [6, 6.07) is 3.54. The summed E-state index contributed by atoms with van der Waals surface area (Å²) in [7, 11) is 3.82. The van der Waals surface area contributed by atoms with E-state index in [2.05, 4.69) is 10.6 Å². The quantitative estimate of drug-likeness (QED) is 0.895. The van der Waals surface area contributed by atoms with E-state index in [0.717, 1.165) is 18.7 Å². The van der Waals surface area contributed by atoms with E-state index in [1.165, 1.54) is 0 Å².